The minimum absolute atomic E-state index is 0.257. The second-order valence-electron chi connectivity index (χ2n) is 9.12. The Morgan fingerprint density at radius 3 is 1.53 bits per heavy atom. The molecule has 4 aliphatic heterocycles. The standard InChI is InChI=1S/C28H16N2O4/c1-13-3-5-15-17-7-9-29-23(25(17)33-19(15)11-13)21-22(28(29)32)24-26-18(8-10-30(24)27(21)31)16-6-4-14(2)12-20(16)34-26/h3-12H,1-2H3. The molecule has 0 unspecified atom stereocenters. The molecule has 0 bridgehead atoms. The van der Waals surface area contributed by atoms with Crippen LogP contribution in [0.5, 0.6) is 0 Å². The van der Waals surface area contributed by atoms with Crippen LogP contribution in [0.25, 0.3) is 45.5 Å². The molecule has 34 heavy (non-hydrogen) atoms. The van der Waals surface area contributed by atoms with Gasteiger partial charge in [-0.2, -0.15) is 0 Å². The lowest BCUT2D eigenvalue weighted by atomic mass is 10.0. The molecule has 0 atom stereocenters. The zero-order chi connectivity index (χ0) is 22.9. The van der Waals surface area contributed by atoms with Crippen LogP contribution < -0.4 is 0 Å². The Kier molecular flexibility index (Phi) is 2.98. The molecular formula is C28H16N2O4. The molecule has 8 rings (SSSR count). The third-order valence-electron chi connectivity index (χ3n) is 7.05. The van der Waals surface area contributed by atoms with Crippen LogP contribution in [0.4, 0.5) is 0 Å². The van der Waals surface area contributed by atoms with Crippen molar-refractivity contribution in [1.29, 1.82) is 0 Å². The lowest BCUT2D eigenvalue weighted by Gasteiger charge is -2.23. The first-order valence-electron chi connectivity index (χ1n) is 11.1. The zero-order valence-electron chi connectivity index (χ0n) is 18.3. The SMILES string of the molecule is Cc1ccc2c3c(oc2c1)C1=C2C(=O)N4C=Cc5c(oc6cc(C)ccc56)C4=C2C(=O)N1C=C3. The number of hydrogen-bond acceptors (Lipinski definition) is 4. The van der Waals surface area contributed by atoms with E-state index in [1.165, 1.54) is 9.80 Å². The fraction of sp³-hybridized carbons (Fsp3) is 0.0714. The Morgan fingerprint density at radius 1 is 0.647 bits per heavy atom. The largest absolute Gasteiger partial charge is 0.454 e. The molecule has 0 N–H and O–H groups in total. The number of nitrogens with zero attached hydrogens (tertiary/aromatic N) is 2. The number of carbonyl (C=O) groups is 2. The number of hydrogen-bond donors (Lipinski definition) is 0. The van der Waals surface area contributed by atoms with E-state index in [1.807, 2.05) is 62.4 Å². The van der Waals surface area contributed by atoms with Crippen LogP contribution in [-0.2, 0) is 9.59 Å². The smallest absolute Gasteiger partial charge is 0.265 e. The predicted molar refractivity (Wildman–Crippen MR) is 128 cm³/mol. The summed E-state index contributed by atoms with van der Waals surface area (Å²) in [6.45, 7) is 4.01. The van der Waals surface area contributed by atoms with Gasteiger partial charge in [0.1, 0.15) is 22.6 Å². The molecule has 4 aliphatic rings. The van der Waals surface area contributed by atoms with Gasteiger partial charge >= 0.3 is 0 Å². The highest BCUT2D eigenvalue weighted by molar-refractivity contribution is 6.32. The van der Waals surface area contributed by atoms with Crippen molar-refractivity contribution in [2.24, 2.45) is 0 Å². The van der Waals surface area contributed by atoms with Crippen molar-refractivity contribution in [3.8, 4) is 0 Å². The van der Waals surface area contributed by atoms with E-state index in [1.54, 1.807) is 12.4 Å². The highest BCUT2D eigenvalue weighted by atomic mass is 16.3. The van der Waals surface area contributed by atoms with Crippen LogP contribution in [0.3, 0.4) is 0 Å². The molecule has 2 aromatic heterocycles. The van der Waals surface area contributed by atoms with Gasteiger partial charge in [0.25, 0.3) is 11.8 Å². The minimum atomic E-state index is -0.257. The lowest BCUT2D eigenvalue weighted by molar-refractivity contribution is -0.122. The summed E-state index contributed by atoms with van der Waals surface area (Å²) in [5.74, 6) is 0.568. The summed E-state index contributed by atoms with van der Waals surface area (Å²) in [5, 5.41) is 1.91. The monoisotopic (exact) mass is 444 g/mol. The van der Waals surface area contributed by atoms with Gasteiger partial charge in [-0.25, -0.2) is 0 Å². The summed E-state index contributed by atoms with van der Waals surface area (Å²) in [6, 6.07) is 12.0. The molecule has 4 aromatic rings. The maximum atomic E-state index is 13.7. The second kappa shape index (κ2) is 5.66. The van der Waals surface area contributed by atoms with Crippen molar-refractivity contribution < 1.29 is 18.4 Å². The van der Waals surface area contributed by atoms with Crippen LogP contribution in [-0.4, -0.2) is 21.6 Å². The van der Waals surface area contributed by atoms with E-state index in [9.17, 15) is 9.59 Å². The predicted octanol–water partition coefficient (Wildman–Crippen LogP) is 5.57. The van der Waals surface area contributed by atoms with Gasteiger partial charge in [0.2, 0.25) is 0 Å². The van der Waals surface area contributed by atoms with Gasteiger partial charge < -0.3 is 8.83 Å². The van der Waals surface area contributed by atoms with Crippen LogP contribution in [0.2, 0.25) is 0 Å². The molecule has 0 aliphatic carbocycles. The summed E-state index contributed by atoms with van der Waals surface area (Å²) in [4.78, 5) is 30.4. The summed E-state index contributed by atoms with van der Waals surface area (Å²) in [6.07, 6.45) is 7.21. The number of amides is 2. The fourth-order valence-electron chi connectivity index (χ4n) is 5.50. The average Bonchev–Trinajstić information content (AvgIpc) is 3.52. The Morgan fingerprint density at radius 2 is 1.09 bits per heavy atom. The van der Waals surface area contributed by atoms with Gasteiger partial charge in [-0.1, -0.05) is 24.3 Å². The Labute approximate surface area is 193 Å². The van der Waals surface area contributed by atoms with Crippen LogP contribution in [0.1, 0.15) is 33.8 Å². The first kappa shape index (κ1) is 17.9. The minimum Gasteiger partial charge on any atom is -0.454 e. The summed E-state index contributed by atoms with van der Waals surface area (Å²) < 4.78 is 12.5. The highest BCUT2D eigenvalue weighted by Gasteiger charge is 2.52. The number of benzene rings is 2. The van der Waals surface area contributed by atoms with Gasteiger partial charge in [0.05, 0.1) is 11.1 Å². The molecule has 6 heterocycles. The number of carbonyl (C=O) groups excluding carboxylic acids is 2. The van der Waals surface area contributed by atoms with E-state index < -0.39 is 0 Å². The molecule has 0 radical (unpaired) electrons. The summed E-state index contributed by atoms with van der Waals surface area (Å²) in [7, 11) is 0. The molecule has 0 saturated carbocycles. The van der Waals surface area contributed by atoms with Crippen molar-refractivity contribution in [3.63, 3.8) is 0 Å². The normalized spacial score (nSPS) is 17.8. The average molecular weight is 444 g/mol. The maximum Gasteiger partial charge on any atom is 0.265 e. The van der Waals surface area contributed by atoms with E-state index in [4.69, 9.17) is 8.83 Å². The topological polar surface area (TPSA) is 66.9 Å². The number of furan rings is 2. The zero-order valence-corrected chi connectivity index (χ0v) is 18.3. The van der Waals surface area contributed by atoms with Crippen LogP contribution in [0, 0.1) is 13.8 Å². The molecule has 6 heteroatoms. The molecule has 0 spiro atoms. The van der Waals surface area contributed by atoms with Crippen LogP contribution >= 0.6 is 0 Å². The first-order valence-corrected chi connectivity index (χ1v) is 11.1. The van der Waals surface area contributed by atoms with E-state index in [0.29, 0.717) is 34.1 Å². The van der Waals surface area contributed by atoms with Gasteiger partial charge in [-0.3, -0.25) is 19.4 Å². The summed E-state index contributed by atoms with van der Waals surface area (Å²) in [5.41, 5.74) is 7.09. The van der Waals surface area contributed by atoms with Gasteiger partial charge in [0.15, 0.2) is 11.5 Å². The fourth-order valence-corrected chi connectivity index (χ4v) is 5.50. The Balaban J connectivity index is 1.44. The highest BCUT2D eigenvalue weighted by Crippen LogP contribution is 2.52. The van der Waals surface area contributed by atoms with Crippen molar-refractivity contribution in [2.45, 2.75) is 13.8 Å². The number of fused-ring (bicyclic) bond motifs is 11. The molecule has 2 aromatic carbocycles. The molecule has 6 nitrogen and oxygen atoms in total. The van der Waals surface area contributed by atoms with E-state index in [0.717, 1.165) is 44.2 Å². The van der Waals surface area contributed by atoms with Crippen molar-refractivity contribution >= 4 is 57.3 Å². The van der Waals surface area contributed by atoms with E-state index >= 15 is 0 Å². The maximum absolute atomic E-state index is 13.7. The third-order valence-corrected chi connectivity index (χ3v) is 7.05. The first-order chi connectivity index (χ1) is 16.5. The molecule has 162 valence electrons. The van der Waals surface area contributed by atoms with Crippen LogP contribution in [0.15, 0.2) is 68.8 Å². The number of aryl methyl sites for hydroxylation is 2. The Bertz CT molecular complexity index is 1690. The van der Waals surface area contributed by atoms with Crippen molar-refractivity contribution in [1.82, 2.24) is 9.80 Å². The molecule has 0 saturated heterocycles. The van der Waals surface area contributed by atoms with Gasteiger partial charge in [-0.05, 0) is 49.3 Å². The summed E-state index contributed by atoms with van der Waals surface area (Å²) >= 11 is 0. The molecule has 2 amide bonds. The van der Waals surface area contributed by atoms with Gasteiger partial charge in [0, 0.05) is 34.3 Å². The number of rotatable bonds is 0. The van der Waals surface area contributed by atoms with E-state index in [-0.39, 0.29) is 11.8 Å². The van der Waals surface area contributed by atoms with Gasteiger partial charge in [-0.15, -0.1) is 0 Å². The second-order valence-corrected chi connectivity index (χ2v) is 9.12. The van der Waals surface area contributed by atoms with E-state index in [2.05, 4.69) is 0 Å². The lowest BCUT2D eigenvalue weighted by Crippen LogP contribution is -2.26. The molecular weight excluding hydrogens is 428 g/mol. The third kappa shape index (κ3) is 1.94. The van der Waals surface area contributed by atoms with Crippen molar-refractivity contribution in [3.05, 3.63) is 93.7 Å². The molecule has 0 fully saturated rings. The quantitative estimate of drug-likeness (QED) is 0.356. The van der Waals surface area contributed by atoms with Crippen molar-refractivity contribution in [2.75, 3.05) is 0 Å². The Hall–Kier alpha value is -4.58.